The molecule has 0 saturated heterocycles. The van der Waals surface area contributed by atoms with Gasteiger partial charge in [0.15, 0.2) is 0 Å². The molecule has 194 valence electrons. The second-order valence-electron chi connectivity index (χ2n) is 9.53. The van der Waals surface area contributed by atoms with Crippen molar-refractivity contribution in [1.82, 2.24) is 14.8 Å². The van der Waals surface area contributed by atoms with Gasteiger partial charge in [0, 0.05) is 22.7 Å². The number of benzene rings is 2. The summed E-state index contributed by atoms with van der Waals surface area (Å²) in [4.78, 5) is 12.8. The highest BCUT2D eigenvalue weighted by Crippen LogP contribution is 2.33. The number of nitrogens with one attached hydrogen (secondary N) is 1. The van der Waals surface area contributed by atoms with Crippen LogP contribution < -0.4 is 10.1 Å². The first-order valence-corrected chi connectivity index (χ1v) is 14.0. The van der Waals surface area contributed by atoms with Crippen LogP contribution in [-0.4, -0.2) is 27.3 Å². The second-order valence-corrected chi connectivity index (χ2v) is 10.6. The van der Waals surface area contributed by atoms with Crippen LogP contribution in [0, 0.1) is 11.3 Å². The first kappa shape index (κ1) is 25.7. The number of aryl methyl sites for hydroxylation is 1. The molecule has 2 aromatic carbocycles. The average Bonchev–Trinajstić information content (AvgIpc) is 3.56. The topological polar surface area (TPSA) is 92.8 Å². The molecule has 0 bridgehead atoms. The summed E-state index contributed by atoms with van der Waals surface area (Å²) in [5, 5.41) is 22.6. The Kier molecular flexibility index (Phi) is 8.15. The molecule has 2 heterocycles. The van der Waals surface area contributed by atoms with Gasteiger partial charge in [-0.25, -0.2) is 0 Å². The number of carbonyl (C=O) groups is 1. The van der Waals surface area contributed by atoms with Gasteiger partial charge < -0.3 is 9.30 Å². The van der Waals surface area contributed by atoms with Crippen LogP contribution in [0.15, 0.2) is 60.3 Å². The quantitative estimate of drug-likeness (QED) is 0.193. The number of aromatic nitrogens is 3. The number of carbonyl (C=O) groups excluding carboxylic acids is 1. The third-order valence-electron chi connectivity index (χ3n) is 7.03. The Morgan fingerprint density at radius 2 is 1.95 bits per heavy atom. The highest BCUT2D eigenvalue weighted by Gasteiger charge is 2.16. The lowest BCUT2D eigenvalue weighted by molar-refractivity contribution is -0.112. The van der Waals surface area contributed by atoms with Crippen LogP contribution in [0.1, 0.15) is 61.1 Å². The summed E-state index contributed by atoms with van der Waals surface area (Å²) < 4.78 is 8.16. The molecule has 8 heteroatoms. The van der Waals surface area contributed by atoms with Crippen LogP contribution in [-0.2, 0) is 17.8 Å². The molecule has 1 N–H and O–H groups in total. The van der Waals surface area contributed by atoms with E-state index in [1.807, 2.05) is 43.5 Å². The average molecular weight is 526 g/mol. The van der Waals surface area contributed by atoms with Gasteiger partial charge >= 0.3 is 0 Å². The van der Waals surface area contributed by atoms with Gasteiger partial charge in [-0.15, -0.1) is 10.2 Å². The van der Waals surface area contributed by atoms with E-state index in [1.165, 1.54) is 49.0 Å². The molecule has 5 rings (SSSR count). The fraction of sp³-hybridized carbons (Fsp3) is 0.333. The zero-order chi connectivity index (χ0) is 26.3. The van der Waals surface area contributed by atoms with Crippen molar-refractivity contribution in [3.05, 3.63) is 76.4 Å². The van der Waals surface area contributed by atoms with E-state index in [-0.39, 0.29) is 5.57 Å². The summed E-state index contributed by atoms with van der Waals surface area (Å²) in [5.41, 5.74) is 3.25. The van der Waals surface area contributed by atoms with Gasteiger partial charge in [0.1, 0.15) is 29.0 Å². The molecule has 0 aliphatic heterocycles. The Morgan fingerprint density at radius 3 is 2.68 bits per heavy atom. The van der Waals surface area contributed by atoms with Gasteiger partial charge in [0.05, 0.1) is 6.54 Å². The van der Waals surface area contributed by atoms with E-state index in [0.29, 0.717) is 24.2 Å². The molecule has 4 aromatic rings. The van der Waals surface area contributed by atoms with Crippen molar-refractivity contribution in [2.45, 2.75) is 57.9 Å². The third-order valence-corrected chi connectivity index (χ3v) is 8.01. The van der Waals surface area contributed by atoms with Gasteiger partial charge in [0.25, 0.3) is 5.91 Å². The monoisotopic (exact) mass is 525 g/mol. The van der Waals surface area contributed by atoms with Gasteiger partial charge in [-0.1, -0.05) is 67.9 Å². The standard InChI is InChI=1S/C30H31N5O2S/c1-2-28-33-34-30(38-28)32-29(36)23(19-31)18-24-20-35(27-11-7-6-10-26(24)27)16-17-37-25-14-12-22(13-15-25)21-8-4-3-5-9-21/h6-7,10-15,18,20-21H,2-5,8-9,16-17H2,1H3,(H,32,34,36). The lowest BCUT2D eigenvalue weighted by atomic mass is 9.84. The molecule has 0 radical (unpaired) electrons. The van der Waals surface area contributed by atoms with Gasteiger partial charge in [0.2, 0.25) is 5.13 Å². The van der Waals surface area contributed by atoms with Gasteiger partial charge in [-0.3, -0.25) is 10.1 Å². The minimum Gasteiger partial charge on any atom is -0.492 e. The Bertz CT molecular complexity index is 1470. The number of anilines is 1. The highest BCUT2D eigenvalue weighted by molar-refractivity contribution is 7.15. The SMILES string of the molecule is CCc1nnc(NC(=O)C(C#N)=Cc2cn(CCOc3ccc(C4CCCCC4)cc3)c3ccccc23)s1. The van der Waals surface area contributed by atoms with Crippen LogP contribution in [0.25, 0.3) is 17.0 Å². The van der Waals surface area contributed by atoms with E-state index in [4.69, 9.17) is 4.74 Å². The predicted molar refractivity (Wildman–Crippen MR) is 151 cm³/mol. The zero-order valence-corrected chi connectivity index (χ0v) is 22.3. The lowest BCUT2D eigenvalue weighted by Gasteiger charge is -2.22. The smallest absolute Gasteiger partial charge is 0.268 e. The van der Waals surface area contributed by atoms with Crippen LogP contribution in [0.2, 0.25) is 0 Å². The number of nitrogens with zero attached hydrogens (tertiary/aromatic N) is 4. The van der Waals surface area contributed by atoms with Crippen LogP contribution in [0.4, 0.5) is 5.13 Å². The number of nitriles is 1. The zero-order valence-electron chi connectivity index (χ0n) is 21.5. The molecule has 0 atom stereocenters. The number of hydrogen-bond acceptors (Lipinski definition) is 6. The highest BCUT2D eigenvalue weighted by atomic mass is 32.1. The normalized spacial score (nSPS) is 14.4. The Labute approximate surface area is 226 Å². The number of para-hydroxylation sites is 1. The Hall–Kier alpha value is -3.96. The predicted octanol–water partition coefficient (Wildman–Crippen LogP) is 6.73. The van der Waals surface area contributed by atoms with E-state index < -0.39 is 5.91 Å². The van der Waals surface area contributed by atoms with E-state index in [9.17, 15) is 10.1 Å². The number of ether oxygens (including phenoxy) is 1. The molecular formula is C30H31N5O2S. The van der Waals surface area contributed by atoms with Crippen molar-refractivity contribution in [2.24, 2.45) is 0 Å². The molecule has 1 fully saturated rings. The van der Waals surface area contributed by atoms with E-state index in [0.717, 1.165) is 33.6 Å². The molecule has 1 aliphatic carbocycles. The summed E-state index contributed by atoms with van der Waals surface area (Å²) in [6, 6.07) is 18.6. The molecule has 1 aliphatic rings. The molecule has 7 nitrogen and oxygen atoms in total. The summed E-state index contributed by atoms with van der Waals surface area (Å²) in [6.07, 6.45) is 10.9. The minimum atomic E-state index is -0.497. The maximum absolute atomic E-state index is 12.8. The largest absolute Gasteiger partial charge is 0.492 e. The van der Waals surface area contributed by atoms with Crippen molar-refractivity contribution in [2.75, 3.05) is 11.9 Å². The molecular weight excluding hydrogens is 494 g/mol. The summed E-state index contributed by atoms with van der Waals surface area (Å²) in [6.45, 7) is 3.12. The van der Waals surface area contributed by atoms with E-state index >= 15 is 0 Å². The summed E-state index contributed by atoms with van der Waals surface area (Å²) in [5.74, 6) is 1.05. The fourth-order valence-electron chi connectivity index (χ4n) is 5.02. The minimum absolute atomic E-state index is 0.00968. The number of rotatable bonds is 9. The third kappa shape index (κ3) is 5.95. The van der Waals surface area contributed by atoms with Crippen LogP contribution in [0.5, 0.6) is 5.75 Å². The number of hydrogen-bond donors (Lipinski definition) is 1. The first-order chi connectivity index (χ1) is 18.6. The first-order valence-electron chi connectivity index (χ1n) is 13.2. The number of fused-ring (bicyclic) bond motifs is 1. The van der Waals surface area contributed by atoms with Crippen LogP contribution >= 0.6 is 11.3 Å². The van der Waals surface area contributed by atoms with E-state index in [2.05, 4.69) is 44.3 Å². The molecule has 1 saturated carbocycles. The maximum Gasteiger partial charge on any atom is 0.268 e. The molecule has 38 heavy (non-hydrogen) atoms. The molecule has 1 amide bonds. The Morgan fingerprint density at radius 1 is 1.16 bits per heavy atom. The van der Waals surface area contributed by atoms with Crippen molar-refractivity contribution in [3.8, 4) is 11.8 Å². The van der Waals surface area contributed by atoms with Crippen molar-refractivity contribution >= 4 is 39.4 Å². The summed E-state index contributed by atoms with van der Waals surface area (Å²) >= 11 is 1.31. The van der Waals surface area contributed by atoms with Gasteiger partial charge in [-0.05, 0) is 55.0 Å². The van der Waals surface area contributed by atoms with Crippen molar-refractivity contribution in [1.29, 1.82) is 5.26 Å². The molecule has 0 unspecified atom stereocenters. The van der Waals surface area contributed by atoms with Crippen molar-refractivity contribution in [3.63, 3.8) is 0 Å². The fourth-order valence-corrected chi connectivity index (χ4v) is 5.70. The number of amides is 1. The van der Waals surface area contributed by atoms with Crippen molar-refractivity contribution < 1.29 is 9.53 Å². The Balaban J connectivity index is 1.27. The molecule has 0 spiro atoms. The summed E-state index contributed by atoms with van der Waals surface area (Å²) in [7, 11) is 0. The van der Waals surface area contributed by atoms with Gasteiger partial charge in [-0.2, -0.15) is 5.26 Å². The molecule has 2 aromatic heterocycles. The maximum atomic E-state index is 12.8. The van der Waals surface area contributed by atoms with Crippen LogP contribution in [0.3, 0.4) is 0 Å². The lowest BCUT2D eigenvalue weighted by Crippen LogP contribution is -2.13. The van der Waals surface area contributed by atoms with E-state index in [1.54, 1.807) is 6.08 Å². The second kappa shape index (κ2) is 12.1.